The van der Waals surface area contributed by atoms with Crippen LogP contribution in [0.2, 0.25) is 0 Å². The van der Waals surface area contributed by atoms with Crippen molar-refractivity contribution in [3.63, 3.8) is 0 Å². The quantitative estimate of drug-likeness (QED) is 0.721. The summed E-state index contributed by atoms with van der Waals surface area (Å²) in [5.41, 5.74) is 6.91. The van der Waals surface area contributed by atoms with E-state index in [-0.39, 0.29) is 18.6 Å². The molecule has 1 aliphatic heterocycles. The molecule has 1 aliphatic rings. The van der Waals surface area contributed by atoms with Gasteiger partial charge in [-0.15, -0.1) is 0 Å². The molecule has 1 aromatic carbocycles. The van der Waals surface area contributed by atoms with E-state index in [0.29, 0.717) is 5.69 Å². The lowest BCUT2D eigenvalue weighted by Crippen LogP contribution is -2.39. The van der Waals surface area contributed by atoms with Crippen LogP contribution in [0, 0.1) is 0 Å². The molecule has 8 nitrogen and oxygen atoms in total. The van der Waals surface area contributed by atoms with Gasteiger partial charge in [0, 0.05) is 31.9 Å². The Morgan fingerprint density at radius 3 is 2.84 bits per heavy atom. The first kappa shape index (κ1) is 17.0. The molecule has 0 spiro atoms. The highest BCUT2D eigenvalue weighted by Crippen LogP contribution is 2.14. The van der Waals surface area contributed by atoms with Crippen LogP contribution in [-0.4, -0.2) is 45.8 Å². The van der Waals surface area contributed by atoms with Crippen molar-refractivity contribution in [1.29, 1.82) is 0 Å². The Morgan fingerprint density at radius 2 is 2.08 bits per heavy atom. The molecule has 0 radical (unpaired) electrons. The van der Waals surface area contributed by atoms with E-state index in [0.717, 1.165) is 26.1 Å². The second kappa shape index (κ2) is 7.80. The lowest BCUT2D eigenvalue weighted by Gasteiger charge is -2.16. The summed E-state index contributed by atoms with van der Waals surface area (Å²) in [6, 6.07) is 10.1. The molecule has 0 aliphatic carbocycles. The molecular weight excluding hydrogens is 320 g/mol. The van der Waals surface area contributed by atoms with Crippen molar-refractivity contribution in [1.82, 2.24) is 20.0 Å². The van der Waals surface area contributed by atoms with Gasteiger partial charge in [0.05, 0.1) is 11.9 Å². The van der Waals surface area contributed by atoms with Crippen LogP contribution in [-0.2, 0) is 17.9 Å². The molecule has 2 heterocycles. The van der Waals surface area contributed by atoms with Crippen molar-refractivity contribution in [3.05, 3.63) is 48.3 Å². The van der Waals surface area contributed by atoms with Gasteiger partial charge in [-0.3, -0.25) is 14.4 Å². The topological polar surface area (TPSA) is 105 Å². The Morgan fingerprint density at radius 1 is 1.28 bits per heavy atom. The maximum Gasteiger partial charge on any atom is 0.319 e. The average Bonchev–Trinajstić information content (AvgIpc) is 3.17. The molecule has 0 saturated carbocycles. The van der Waals surface area contributed by atoms with E-state index in [1.165, 1.54) is 16.4 Å². The van der Waals surface area contributed by atoms with Gasteiger partial charge < -0.3 is 16.4 Å². The fraction of sp³-hybridized carbons (Fsp3) is 0.353. The van der Waals surface area contributed by atoms with Gasteiger partial charge in [-0.05, 0) is 12.0 Å². The Kier molecular flexibility index (Phi) is 5.30. The van der Waals surface area contributed by atoms with Gasteiger partial charge >= 0.3 is 6.03 Å². The Bertz CT molecular complexity index is 730. The van der Waals surface area contributed by atoms with E-state index in [2.05, 4.69) is 32.8 Å². The molecule has 1 fully saturated rings. The third-order valence-corrected chi connectivity index (χ3v) is 4.07. The summed E-state index contributed by atoms with van der Waals surface area (Å²) in [6.45, 7) is 2.65. The van der Waals surface area contributed by atoms with Crippen LogP contribution in [0.4, 0.5) is 10.5 Å². The van der Waals surface area contributed by atoms with Gasteiger partial charge in [-0.2, -0.15) is 5.10 Å². The summed E-state index contributed by atoms with van der Waals surface area (Å²) in [5.74, 6) is -0.483. The number of aromatic nitrogens is 2. The molecule has 2 aromatic rings. The number of nitrogens with zero attached hydrogens (tertiary/aromatic N) is 3. The van der Waals surface area contributed by atoms with Gasteiger partial charge in [0.25, 0.3) is 0 Å². The highest BCUT2D eigenvalue weighted by atomic mass is 16.2. The molecule has 8 heteroatoms. The summed E-state index contributed by atoms with van der Waals surface area (Å²) in [6.07, 6.45) is 3.97. The number of carbonyl (C=O) groups excluding carboxylic acids is 2. The number of hydrogen-bond acceptors (Lipinski definition) is 4. The van der Waals surface area contributed by atoms with E-state index in [1.54, 1.807) is 6.20 Å². The minimum absolute atomic E-state index is 0.0135. The van der Waals surface area contributed by atoms with Crippen LogP contribution < -0.4 is 16.4 Å². The maximum atomic E-state index is 12.1. The first-order valence-corrected chi connectivity index (χ1v) is 8.23. The summed E-state index contributed by atoms with van der Waals surface area (Å²) < 4.78 is 1.38. The van der Waals surface area contributed by atoms with Crippen molar-refractivity contribution in [2.75, 3.05) is 18.4 Å². The molecule has 3 amide bonds. The zero-order valence-corrected chi connectivity index (χ0v) is 13.9. The molecular formula is C17H22N6O2. The fourth-order valence-corrected chi connectivity index (χ4v) is 2.96. The van der Waals surface area contributed by atoms with Crippen molar-refractivity contribution < 1.29 is 9.59 Å². The normalized spacial score (nSPS) is 17.4. The molecule has 1 atom stereocenters. The predicted molar refractivity (Wildman–Crippen MR) is 93.7 cm³/mol. The number of nitrogens with one attached hydrogen (secondary N) is 2. The van der Waals surface area contributed by atoms with Gasteiger partial charge in [-0.25, -0.2) is 4.79 Å². The van der Waals surface area contributed by atoms with E-state index >= 15 is 0 Å². The van der Waals surface area contributed by atoms with Crippen LogP contribution in [0.15, 0.2) is 42.7 Å². The monoisotopic (exact) mass is 342 g/mol. The number of amides is 3. The molecule has 1 saturated heterocycles. The highest BCUT2D eigenvalue weighted by Gasteiger charge is 2.23. The maximum absolute atomic E-state index is 12.1. The number of carbonyl (C=O) groups is 2. The number of benzene rings is 1. The van der Waals surface area contributed by atoms with Crippen molar-refractivity contribution in [3.8, 4) is 0 Å². The number of hydrogen-bond donors (Lipinski definition) is 3. The van der Waals surface area contributed by atoms with Gasteiger partial charge in [0.15, 0.2) is 0 Å². The number of rotatable bonds is 6. The molecule has 4 N–H and O–H groups in total. The summed E-state index contributed by atoms with van der Waals surface area (Å²) in [5, 5.41) is 9.66. The molecule has 1 aromatic heterocycles. The molecule has 0 bridgehead atoms. The predicted octanol–water partition coefficient (Wildman–Crippen LogP) is 0.764. The molecule has 1 unspecified atom stereocenters. The van der Waals surface area contributed by atoms with Crippen LogP contribution in [0.1, 0.15) is 12.0 Å². The van der Waals surface area contributed by atoms with Gasteiger partial charge in [0.2, 0.25) is 5.91 Å². The third-order valence-electron chi connectivity index (χ3n) is 4.07. The number of urea groups is 1. The highest BCUT2D eigenvalue weighted by molar-refractivity contribution is 5.89. The van der Waals surface area contributed by atoms with E-state index in [9.17, 15) is 9.59 Å². The molecule has 25 heavy (non-hydrogen) atoms. The Balaban J connectivity index is 1.44. The van der Waals surface area contributed by atoms with Crippen LogP contribution >= 0.6 is 0 Å². The van der Waals surface area contributed by atoms with Crippen molar-refractivity contribution >= 4 is 17.6 Å². The van der Waals surface area contributed by atoms with Crippen LogP contribution in [0.5, 0.6) is 0 Å². The Hall–Kier alpha value is -2.87. The number of primary amides is 1. The zero-order chi connectivity index (χ0) is 17.6. The largest absolute Gasteiger partial charge is 0.368 e. The summed E-state index contributed by atoms with van der Waals surface area (Å²) in [4.78, 5) is 25.3. The standard InChI is InChI=1S/C17H22N6O2/c18-16(24)12-23-11-15(8-19-23)21-17(25)20-14-6-7-22(10-14)9-13-4-2-1-3-5-13/h1-5,8,11,14H,6-7,9-10,12H2,(H2,18,24)(H2,20,21,25). The van der Waals surface area contributed by atoms with E-state index < -0.39 is 5.91 Å². The third kappa shape index (κ3) is 5.05. The van der Waals surface area contributed by atoms with Crippen LogP contribution in [0.25, 0.3) is 0 Å². The smallest absolute Gasteiger partial charge is 0.319 e. The summed E-state index contributed by atoms with van der Waals surface area (Å²) >= 11 is 0. The number of likely N-dealkylation sites (tertiary alicyclic amines) is 1. The van der Waals surface area contributed by atoms with E-state index in [1.807, 2.05) is 18.2 Å². The molecule has 3 rings (SSSR count). The molecule has 132 valence electrons. The first-order valence-electron chi connectivity index (χ1n) is 8.23. The minimum Gasteiger partial charge on any atom is -0.368 e. The zero-order valence-electron chi connectivity index (χ0n) is 13.9. The lowest BCUT2D eigenvalue weighted by molar-refractivity contribution is -0.118. The minimum atomic E-state index is -0.483. The second-order valence-corrected chi connectivity index (χ2v) is 6.20. The lowest BCUT2D eigenvalue weighted by atomic mass is 10.2. The average molecular weight is 342 g/mol. The van der Waals surface area contributed by atoms with Gasteiger partial charge in [0.1, 0.15) is 6.54 Å². The van der Waals surface area contributed by atoms with Gasteiger partial charge in [-0.1, -0.05) is 30.3 Å². The SMILES string of the molecule is NC(=O)Cn1cc(NC(=O)NC2CCN(Cc3ccccc3)C2)cn1. The summed E-state index contributed by atoms with van der Waals surface area (Å²) in [7, 11) is 0. The first-order chi connectivity index (χ1) is 12.1. The van der Waals surface area contributed by atoms with Crippen molar-refractivity contribution in [2.45, 2.75) is 25.6 Å². The second-order valence-electron chi connectivity index (χ2n) is 6.20. The fourth-order valence-electron chi connectivity index (χ4n) is 2.96. The number of anilines is 1. The van der Waals surface area contributed by atoms with E-state index in [4.69, 9.17) is 5.73 Å². The van der Waals surface area contributed by atoms with Crippen molar-refractivity contribution in [2.24, 2.45) is 5.73 Å². The Labute approximate surface area is 146 Å². The number of nitrogens with two attached hydrogens (primary N) is 1. The van der Waals surface area contributed by atoms with Crippen LogP contribution in [0.3, 0.4) is 0 Å².